The van der Waals surface area contributed by atoms with Crippen molar-refractivity contribution < 1.29 is 14.3 Å². The third-order valence-electron chi connectivity index (χ3n) is 7.23. The van der Waals surface area contributed by atoms with Gasteiger partial charge in [-0.1, -0.05) is 19.3 Å². The number of hydrogen-bond acceptors (Lipinski definition) is 7. The highest BCUT2D eigenvalue weighted by atomic mass is 32.1. The molecule has 35 heavy (non-hydrogen) atoms. The maximum atomic E-state index is 13.7. The maximum absolute atomic E-state index is 13.7. The second-order valence-corrected chi connectivity index (χ2v) is 11.0. The van der Waals surface area contributed by atoms with Crippen LogP contribution in [0.4, 0.5) is 0 Å². The molecule has 2 fully saturated rings. The largest absolute Gasteiger partial charge is 0.380 e. The van der Waals surface area contributed by atoms with Gasteiger partial charge in [0.05, 0.1) is 16.8 Å². The lowest BCUT2D eigenvalue weighted by atomic mass is 9.95. The Bertz CT molecular complexity index is 954. The number of aromatic nitrogens is 1. The first-order valence-electron chi connectivity index (χ1n) is 12.9. The molecule has 190 valence electrons. The lowest BCUT2D eigenvalue weighted by molar-refractivity contribution is -0.143. The molecule has 2 saturated carbocycles. The summed E-state index contributed by atoms with van der Waals surface area (Å²) in [6.45, 7) is 2.22. The second kappa shape index (κ2) is 11.6. The minimum atomic E-state index is -0.777. The van der Waals surface area contributed by atoms with Crippen molar-refractivity contribution in [1.29, 1.82) is 0 Å². The number of rotatable bonds is 13. The summed E-state index contributed by atoms with van der Waals surface area (Å²) in [6, 6.07) is -0.631. The van der Waals surface area contributed by atoms with Crippen LogP contribution in [0.1, 0.15) is 100 Å². The van der Waals surface area contributed by atoms with Crippen LogP contribution in [0.15, 0.2) is 15.6 Å². The van der Waals surface area contributed by atoms with Crippen LogP contribution in [-0.4, -0.2) is 53.2 Å². The van der Waals surface area contributed by atoms with Gasteiger partial charge in [0, 0.05) is 56.7 Å². The minimum absolute atomic E-state index is 0.115. The number of terminal acetylenes is 1. The fourth-order valence-corrected chi connectivity index (χ4v) is 5.74. The fraction of sp³-hybridized carbons (Fsp3) is 0.731. The first kappa shape index (κ1) is 25.8. The van der Waals surface area contributed by atoms with E-state index in [9.17, 15) is 9.59 Å². The Balaban J connectivity index is 1.55. The van der Waals surface area contributed by atoms with E-state index in [-0.39, 0.29) is 30.4 Å². The number of nitrogens with zero attached hydrogens (tertiary/aromatic N) is 4. The second-order valence-electron chi connectivity index (χ2n) is 10.1. The SMILES string of the molecule is C#CCCC1(CCC(=O)N(CC(C)OC)C(C(=O)NC2CCCCC2)c2csc(C3CC3)n2)N=N1. The Morgan fingerprint density at radius 3 is 2.63 bits per heavy atom. The Kier molecular flexibility index (Phi) is 8.55. The molecule has 8 nitrogen and oxygen atoms in total. The molecule has 0 aromatic carbocycles. The highest BCUT2D eigenvalue weighted by molar-refractivity contribution is 7.09. The average molecular weight is 500 g/mol. The molecule has 0 saturated heterocycles. The number of hydrogen-bond donors (Lipinski definition) is 1. The first-order valence-corrected chi connectivity index (χ1v) is 13.8. The van der Waals surface area contributed by atoms with Gasteiger partial charge in [0.25, 0.3) is 0 Å². The Morgan fingerprint density at radius 1 is 1.26 bits per heavy atom. The van der Waals surface area contributed by atoms with Crippen LogP contribution in [0, 0.1) is 12.3 Å². The van der Waals surface area contributed by atoms with E-state index in [0.717, 1.165) is 43.5 Å². The maximum Gasteiger partial charge on any atom is 0.249 e. The van der Waals surface area contributed by atoms with E-state index in [1.54, 1.807) is 23.3 Å². The van der Waals surface area contributed by atoms with Crippen LogP contribution in [0.5, 0.6) is 0 Å². The normalized spacial score (nSPS) is 20.6. The van der Waals surface area contributed by atoms with E-state index < -0.39 is 11.7 Å². The van der Waals surface area contributed by atoms with E-state index in [1.165, 1.54) is 6.42 Å². The van der Waals surface area contributed by atoms with Gasteiger partial charge in [0.15, 0.2) is 11.7 Å². The highest BCUT2D eigenvalue weighted by Gasteiger charge is 2.42. The number of carbonyl (C=O) groups is 2. The van der Waals surface area contributed by atoms with Crippen LogP contribution >= 0.6 is 11.3 Å². The van der Waals surface area contributed by atoms with Crippen molar-refractivity contribution in [2.45, 2.75) is 107 Å². The zero-order valence-electron chi connectivity index (χ0n) is 20.9. The summed E-state index contributed by atoms with van der Waals surface area (Å²) < 4.78 is 5.51. The number of ether oxygens (including phenoxy) is 1. The number of amides is 2. The van der Waals surface area contributed by atoms with Gasteiger partial charge in [0.1, 0.15) is 0 Å². The van der Waals surface area contributed by atoms with Gasteiger partial charge in [-0.2, -0.15) is 10.2 Å². The van der Waals surface area contributed by atoms with Crippen LogP contribution in [0.3, 0.4) is 0 Å². The quantitative estimate of drug-likeness (QED) is 0.397. The van der Waals surface area contributed by atoms with Crippen molar-refractivity contribution >= 4 is 23.2 Å². The molecule has 2 atom stereocenters. The molecule has 3 aliphatic rings. The van der Waals surface area contributed by atoms with Crippen LogP contribution in [-0.2, 0) is 14.3 Å². The molecule has 1 aliphatic heterocycles. The first-order chi connectivity index (χ1) is 16.9. The summed E-state index contributed by atoms with van der Waals surface area (Å²) in [4.78, 5) is 33.9. The summed E-state index contributed by atoms with van der Waals surface area (Å²) in [7, 11) is 1.62. The number of carbonyl (C=O) groups excluding carboxylic acids is 2. The lowest BCUT2D eigenvalue weighted by Crippen LogP contribution is -2.49. The Hall–Kier alpha value is -2.31. The van der Waals surface area contributed by atoms with Crippen molar-refractivity contribution in [1.82, 2.24) is 15.2 Å². The number of nitrogens with one attached hydrogen (secondary N) is 1. The van der Waals surface area contributed by atoms with Gasteiger partial charge < -0.3 is 15.0 Å². The zero-order chi connectivity index (χ0) is 24.8. The molecule has 0 radical (unpaired) electrons. The van der Waals surface area contributed by atoms with Gasteiger partial charge in [-0.15, -0.1) is 23.7 Å². The summed E-state index contributed by atoms with van der Waals surface area (Å²) in [5.74, 6) is 2.85. The molecular weight excluding hydrogens is 462 g/mol. The molecule has 2 amide bonds. The molecule has 1 aromatic rings. The standard InChI is InChI=1S/C26H37N5O3S/c1-4-5-14-26(29-30-26)15-13-22(32)31(16-18(2)34-3)23(21-17-35-25(28-21)19-11-12-19)24(33)27-20-9-7-6-8-10-20/h1,17-20,23H,5-16H2,2-3H3,(H,27,33). The van der Waals surface area contributed by atoms with Crippen molar-refractivity contribution in [3.8, 4) is 12.3 Å². The van der Waals surface area contributed by atoms with E-state index >= 15 is 0 Å². The van der Waals surface area contributed by atoms with Gasteiger partial charge in [-0.25, -0.2) is 4.98 Å². The summed E-state index contributed by atoms with van der Waals surface area (Å²) in [6.07, 6.45) is 14.8. The van der Waals surface area contributed by atoms with Crippen LogP contribution in [0.25, 0.3) is 0 Å². The van der Waals surface area contributed by atoms with Gasteiger partial charge in [-0.05, 0) is 32.6 Å². The molecule has 2 aliphatic carbocycles. The Morgan fingerprint density at radius 2 is 2.00 bits per heavy atom. The van der Waals surface area contributed by atoms with E-state index in [1.807, 2.05) is 12.3 Å². The van der Waals surface area contributed by atoms with Crippen molar-refractivity contribution in [3.05, 3.63) is 16.1 Å². The van der Waals surface area contributed by atoms with E-state index in [2.05, 4.69) is 21.5 Å². The van der Waals surface area contributed by atoms with E-state index in [4.69, 9.17) is 16.1 Å². The van der Waals surface area contributed by atoms with E-state index in [0.29, 0.717) is 37.4 Å². The molecule has 2 unspecified atom stereocenters. The molecule has 0 spiro atoms. The van der Waals surface area contributed by atoms with Crippen LogP contribution in [0.2, 0.25) is 0 Å². The van der Waals surface area contributed by atoms with Crippen molar-refractivity contribution in [3.63, 3.8) is 0 Å². The van der Waals surface area contributed by atoms with Gasteiger partial charge in [-0.3, -0.25) is 9.59 Å². The smallest absolute Gasteiger partial charge is 0.249 e. The molecule has 2 heterocycles. The predicted molar refractivity (Wildman–Crippen MR) is 135 cm³/mol. The summed E-state index contributed by atoms with van der Waals surface area (Å²) >= 11 is 1.59. The lowest BCUT2D eigenvalue weighted by Gasteiger charge is -2.34. The molecule has 9 heteroatoms. The minimum Gasteiger partial charge on any atom is -0.380 e. The van der Waals surface area contributed by atoms with Crippen LogP contribution < -0.4 is 5.32 Å². The molecule has 0 bridgehead atoms. The molecule has 1 N–H and O–H groups in total. The predicted octanol–water partition coefficient (Wildman–Crippen LogP) is 4.73. The fourth-order valence-electron chi connectivity index (χ4n) is 4.73. The van der Waals surface area contributed by atoms with Gasteiger partial charge >= 0.3 is 0 Å². The summed E-state index contributed by atoms with van der Waals surface area (Å²) in [5, 5.41) is 14.6. The number of methoxy groups -OCH3 is 1. The molecule has 4 rings (SSSR count). The van der Waals surface area contributed by atoms with Gasteiger partial charge in [0.2, 0.25) is 11.8 Å². The molecular formula is C26H37N5O3S. The monoisotopic (exact) mass is 499 g/mol. The Labute approximate surface area is 212 Å². The third kappa shape index (κ3) is 6.89. The van der Waals surface area contributed by atoms with Crippen molar-refractivity contribution in [2.24, 2.45) is 10.2 Å². The number of thiazole rings is 1. The zero-order valence-corrected chi connectivity index (χ0v) is 21.7. The average Bonchev–Trinajstić information content (AvgIpc) is 3.80. The summed E-state index contributed by atoms with van der Waals surface area (Å²) in [5.41, 5.74) is 0.116. The molecule has 1 aromatic heterocycles. The van der Waals surface area contributed by atoms with Crippen molar-refractivity contribution in [2.75, 3.05) is 13.7 Å². The third-order valence-corrected chi connectivity index (χ3v) is 8.25. The highest BCUT2D eigenvalue weighted by Crippen LogP contribution is 2.42. The topological polar surface area (TPSA) is 96.2 Å².